The minimum absolute atomic E-state index is 0.0963. The van der Waals surface area contributed by atoms with Gasteiger partial charge in [-0.15, -0.1) is 0 Å². The van der Waals surface area contributed by atoms with Crippen molar-refractivity contribution in [3.8, 4) is 0 Å². The highest BCUT2D eigenvalue weighted by molar-refractivity contribution is 7.86. The lowest BCUT2D eigenvalue weighted by Gasteiger charge is -2.04. The van der Waals surface area contributed by atoms with Gasteiger partial charge in [0.15, 0.2) is 0 Å². The molecule has 0 aliphatic heterocycles. The molecule has 0 aliphatic rings. The summed E-state index contributed by atoms with van der Waals surface area (Å²) in [6.07, 6.45) is 4.67. The summed E-state index contributed by atoms with van der Waals surface area (Å²) in [5.74, 6) is 0. The smallest absolute Gasteiger partial charge is 0.296 e. The van der Waals surface area contributed by atoms with Crippen molar-refractivity contribution in [1.82, 2.24) is 0 Å². The van der Waals surface area contributed by atoms with Gasteiger partial charge in [0.1, 0.15) is 0 Å². The van der Waals surface area contributed by atoms with Crippen LogP contribution in [0.2, 0.25) is 0 Å². The second-order valence-electron chi connectivity index (χ2n) is 3.86. The third-order valence-electron chi connectivity index (χ3n) is 2.30. The zero-order chi connectivity index (χ0) is 13.4. The van der Waals surface area contributed by atoms with Gasteiger partial charge >= 0.3 is 0 Å². The second kappa shape index (κ2) is 7.31. The molecular formula is C13H18O4S. The van der Waals surface area contributed by atoms with Gasteiger partial charge in [-0.2, -0.15) is 8.42 Å². The third kappa shape index (κ3) is 5.00. The highest BCUT2D eigenvalue weighted by Gasteiger charge is 2.13. The number of hydrogen-bond donors (Lipinski definition) is 1. The fourth-order valence-electron chi connectivity index (χ4n) is 1.31. The van der Waals surface area contributed by atoms with E-state index < -0.39 is 10.1 Å². The highest BCUT2D eigenvalue weighted by Crippen LogP contribution is 2.13. The first-order valence-electron chi connectivity index (χ1n) is 5.78. The molecular weight excluding hydrogens is 252 g/mol. The van der Waals surface area contributed by atoms with Crippen LogP contribution in [0.3, 0.4) is 0 Å². The standard InChI is InChI=1S/C13H18O4S/c1-12-6-8-13(9-7-12)18(15,16)17-11-5-3-2-4-10-14/h2-3,6-9,14H,4-5,10-11H2,1H3/b3-2-. The lowest BCUT2D eigenvalue weighted by atomic mass is 10.2. The molecule has 0 saturated heterocycles. The summed E-state index contributed by atoms with van der Waals surface area (Å²) in [5, 5.41) is 8.54. The van der Waals surface area contributed by atoms with Crippen molar-refractivity contribution >= 4 is 10.1 Å². The monoisotopic (exact) mass is 270 g/mol. The molecule has 0 bridgehead atoms. The van der Waals surface area contributed by atoms with E-state index in [1.807, 2.05) is 6.92 Å². The summed E-state index contributed by atoms with van der Waals surface area (Å²) < 4.78 is 28.4. The molecule has 1 rings (SSSR count). The van der Waals surface area contributed by atoms with Crippen molar-refractivity contribution in [2.45, 2.75) is 24.7 Å². The molecule has 0 fully saturated rings. The molecule has 0 atom stereocenters. The van der Waals surface area contributed by atoms with Gasteiger partial charge in [0.25, 0.3) is 10.1 Å². The van der Waals surface area contributed by atoms with Crippen LogP contribution in [0.15, 0.2) is 41.3 Å². The molecule has 1 aromatic rings. The Labute approximate surface area is 108 Å². The van der Waals surface area contributed by atoms with Crippen molar-refractivity contribution in [1.29, 1.82) is 0 Å². The fraction of sp³-hybridized carbons (Fsp3) is 0.385. The van der Waals surface area contributed by atoms with E-state index in [9.17, 15) is 8.42 Å². The SMILES string of the molecule is Cc1ccc(S(=O)(=O)OCC/C=C\CCO)cc1. The first-order valence-corrected chi connectivity index (χ1v) is 7.19. The number of benzene rings is 1. The molecule has 0 amide bonds. The van der Waals surface area contributed by atoms with Crippen LogP contribution in [0.5, 0.6) is 0 Å². The number of rotatable bonds is 7. The minimum Gasteiger partial charge on any atom is -0.396 e. The Morgan fingerprint density at radius 2 is 1.78 bits per heavy atom. The van der Waals surface area contributed by atoms with Gasteiger partial charge in [-0.25, -0.2) is 0 Å². The largest absolute Gasteiger partial charge is 0.396 e. The Morgan fingerprint density at radius 1 is 1.17 bits per heavy atom. The van der Waals surface area contributed by atoms with Gasteiger partial charge in [-0.3, -0.25) is 4.18 Å². The molecule has 0 aliphatic carbocycles. The normalized spacial score (nSPS) is 12.1. The van der Waals surface area contributed by atoms with Crippen molar-refractivity contribution in [3.63, 3.8) is 0 Å². The van der Waals surface area contributed by atoms with Gasteiger partial charge in [0.2, 0.25) is 0 Å². The van der Waals surface area contributed by atoms with Crippen LogP contribution in [-0.4, -0.2) is 26.7 Å². The van der Waals surface area contributed by atoms with Crippen molar-refractivity contribution < 1.29 is 17.7 Å². The van der Waals surface area contributed by atoms with E-state index in [2.05, 4.69) is 0 Å². The number of aliphatic hydroxyl groups is 1. The van der Waals surface area contributed by atoms with Crippen LogP contribution in [-0.2, 0) is 14.3 Å². The maximum absolute atomic E-state index is 11.7. The van der Waals surface area contributed by atoms with E-state index in [4.69, 9.17) is 9.29 Å². The molecule has 0 heterocycles. The predicted molar refractivity (Wildman–Crippen MR) is 69.8 cm³/mol. The molecule has 0 unspecified atom stereocenters. The molecule has 0 spiro atoms. The maximum Gasteiger partial charge on any atom is 0.296 e. The third-order valence-corrected chi connectivity index (χ3v) is 3.62. The molecule has 100 valence electrons. The first-order chi connectivity index (χ1) is 8.56. The topological polar surface area (TPSA) is 63.6 Å². The van der Waals surface area contributed by atoms with Gasteiger partial charge in [0, 0.05) is 6.61 Å². The number of hydrogen-bond acceptors (Lipinski definition) is 4. The van der Waals surface area contributed by atoms with Crippen LogP contribution in [0.4, 0.5) is 0 Å². The highest BCUT2D eigenvalue weighted by atomic mass is 32.2. The fourth-order valence-corrected chi connectivity index (χ4v) is 2.23. The van der Waals surface area contributed by atoms with Crippen molar-refractivity contribution in [3.05, 3.63) is 42.0 Å². The van der Waals surface area contributed by atoms with Gasteiger partial charge in [-0.1, -0.05) is 29.8 Å². The summed E-state index contributed by atoms with van der Waals surface area (Å²) in [6.45, 7) is 2.10. The van der Waals surface area contributed by atoms with E-state index in [1.54, 1.807) is 24.3 Å². The molecule has 4 nitrogen and oxygen atoms in total. The van der Waals surface area contributed by atoms with Crippen molar-refractivity contribution in [2.24, 2.45) is 0 Å². The lowest BCUT2D eigenvalue weighted by Crippen LogP contribution is -2.07. The van der Waals surface area contributed by atoms with E-state index >= 15 is 0 Å². The molecule has 1 N–H and O–H groups in total. The quantitative estimate of drug-likeness (QED) is 0.468. The predicted octanol–water partition coefficient (Wildman–Crippen LogP) is 2.03. The van der Waals surface area contributed by atoms with Crippen molar-refractivity contribution in [2.75, 3.05) is 13.2 Å². The summed E-state index contributed by atoms with van der Waals surface area (Å²) in [6, 6.07) is 6.54. The van der Waals surface area contributed by atoms with Crippen LogP contribution in [0.25, 0.3) is 0 Å². The van der Waals surface area contributed by atoms with E-state index in [1.165, 1.54) is 12.1 Å². The zero-order valence-electron chi connectivity index (χ0n) is 10.4. The average Bonchev–Trinajstić information content (AvgIpc) is 2.34. The summed E-state index contributed by atoms with van der Waals surface area (Å²) >= 11 is 0. The first kappa shape index (κ1) is 14.9. The second-order valence-corrected chi connectivity index (χ2v) is 5.48. The molecule has 0 saturated carbocycles. The van der Waals surface area contributed by atoms with Gasteiger partial charge in [0.05, 0.1) is 11.5 Å². The molecule has 0 aromatic heterocycles. The number of aliphatic hydroxyl groups excluding tert-OH is 1. The Kier molecular flexibility index (Phi) is 6.04. The van der Waals surface area contributed by atoms with Gasteiger partial charge < -0.3 is 5.11 Å². The van der Waals surface area contributed by atoms with E-state index in [0.717, 1.165) is 5.56 Å². The van der Waals surface area contributed by atoms with E-state index in [-0.39, 0.29) is 18.1 Å². The van der Waals surface area contributed by atoms with Crippen LogP contribution in [0.1, 0.15) is 18.4 Å². The molecule has 0 radical (unpaired) electrons. The van der Waals surface area contributed by atoms with E-state index in [0.29, 0.717) is 12.8 Å². The lowest BCUT2D eigenvalue weighted by molar-refractivity contribution is 0.302. The Balaban J connectivity index is 2.48. The Bertz CT molecular complexity index is 474. The molecule has 1 aromatic carbocycles. The molecule has 5 heteroatoms. The zero-order valence-corrected chi connectivity index (χ0v) is 11.2. The summed E-state index contributed by atoms with van der Waals surface area (Å²) in [7, 11) is -3.65. The van der Waals surface area contributed by atoms with Crippen LogP contribution >= 0.6 is 0 Å². The summed E-state index contributed by atoms with van der Waals surface area (Å²) in [4.78, 5) is 0.174. The minimum atomic E-state index is -3.65. The van der Waals surface area contributed by atoms with Crippen LogP contribution < -0.4 is 0 Å². The Hall–Kier alpha value is -1.17. The maximum atomic E-state index is 11.7. The summed E-state index contributed by atoms with van der Waals surface area (Å²) in [5.41, 5.74) is 1.00. The average molecular weight is 270 g/mol. The Morgan fingerprint density at radius 3 is 2.39 bits per heavy atom. The van der Waals surface area contributed by atoms with Crippen LogP contribution in [0, 0.1) is 6.92 Å². The molecule has 18 heavy (non-hydrogen) atoms. The van der Waals surface area contributed by atoms with Gasteiger partial charge in [-0.05, 0) is 31.9 Å². The number of aryl methyl sites for hydroxylation is 1.